The molecule has 0 bridgehead atoms. The number of methoxy groups -OCH3 is 2. The van der Waals surface area contributed by atoms with Crippen molar-refractivity contribution >= 4 is 81.5 Å². The lowest BCUT2D eigenvalue weighted by Crippen LogP contribution is -2.62. The van der Waals surface area contributed by atoms with Crippen LogP contribution in [-0.2, 0) is 30.3 Å². The summed E-state index contributed by atoms with van der Waals surface area (Å²) in [5.74, 6) is -2.92. The lowest BCUT2D eigenvalue weighted by molar-refractivity contribution is -0.138. The number of aryl methyl sites for hydroxylation is 2. The number of ether oxygens (including phenoxy) is 2. The summed E-state index contributed by atoms with van der Waals surface area (Å²) < 4.78 is 10.5. The Kier molecular flexibility index (Phi) is 9.16. The lowest BCUT2D eigenvalue weighted by atomic mass is 9.81. The summed E-state index contributed by atoms with van der Waals surface area (Å²) in [5.41, 5.74) is 3.66. The normalized spacial score (nSPS) is 17.3. The molecular weight excluding hydrogens is 681 g/mol. The summed E-state index contributed by atoms with van der Waals surface area (Å²) in [7, 11) is 2.47. The summed E-state index contributed by atoms with van der Waals surface area (Å²) in [5, 5.41) is 0. The summed E-state index contributed by atoms with van der Waals surface area (Å²) in [6.07, 6.45) is 0.0825. The maximum absolute atomic E-state index is 15.2. The van der Waals surface area contributed by atoms with E-state index in [2.05, 4.69) is 0 Å². The molecule has 0 saturated heterocycles. The summed E-state index contributed by atoms with van der Waals surface area (Å²) in [4.78, 5) is 71.7. The standard InChI is InChI=1S/C37H32N2O7S3/c1-19-16-24-25(17-20(19)2)39(37(3,4)30(47)27(24)36-48-28(34(43)45-5)29(49-36)35(44)46-6)33(42)26(18-21-12-8-7-9-13-21)38-31(40)22-14-10-11-15-23(22)32(38)41/h7-17,26H,18H2,1-6H3/t26-/m1/s1. The number of hydrogen-bond acceptors (Lipinski definition) is 10. The van der Waals surface area contributed by atoms with Crippen molar-refractivity contribution in [3.63, 3.8) is 0 Å². The molecule has 12 heteroatoms. The molecule has 3 aliphatic rings. The van der Waals surface area contributed by atoms with Gasteiger partial charge in [0.15, 0.2) is 0 Å². The SMILES string of the molecule is COC(=O)C1=C(C(=O)OC)SC(=C2C(=S)C(C)(C)N(C(=O)[C@@H](Cc3ccccc3)N3C(=O)c4ccccc4C3=O)c3cc(C)c(C)cc32)S1. The first-order valence-corrected chi connectivity index (χ1v) is 17.4. The molecule has 3 heterocycles. The minimum atomic E-state index is -1.20. The van der Waals surface area contributed by atoms with Crippen molar-refractivity contribution in [3.05, 3.63) is 114 Å². The zero-order valence-corrected chi connectivity index (χ0v) is 30.1. The minimum absolute atomic E-state index is 0.0825. The number of nitrogens with zero attached hydrogens (tertiary/aromatic N) is 2. The Labute approximate surface area is 297 Å². The average Bonchev–Trinajstić information content (AvgIpc) is 3.64. The largest absolute Gasteiger partial charge is 0.465 e. The first kappa shape index (κ1) is 34.3. The molecule has 0 saturated carbocycles. The quantitative estimate of drug-likeness (QED) is 0.123. The fraction of sp³-hybridized carbons (Fsp3) is 0.243. The van der Waals surface area contributed by atoms with Crippen LogP contribution in [0.2, 0.25) is 0 Å². The minimum Gasteiger partial charge on any atom is -0.465 e. The molecule has 0 unspecified atom stereocenters. The number of hydrogen-bond donors (Lipinski definition) is 0. The molecular formula is C37H32N2O7S3. The van der Waals surface area contributed by atoms with Crippen LogP contribution >= 0.6 is 35.7 Å². The maximum atomic E-state index is 15.2. The fourth-order valence-corrected chi connectivity index (χ4v) is 9.27. The number of esters is 2. The highest BCUT2D eigenvalue weighted by atomic mass is 32.2. The number of anilines is 1. The molecule has 9 nitrogen and oxygen atoms in total. The van der Waals surface area contributed by atoms with E-state index in [-0.39, 0.29) is 27.4 Å². The Morgan fingerprint density at radius 1 is 0.796 bits per heavy atom. The predicted molar refractivity (Wildman–Crippen MR) is 194 cm³/mol. The van der Waals surface area contributed by atoms with Crippen LogP contribution in [0.1, 0.15) is 56.8 Å². The summed E-state index contributed by atoms with van der Waals surface area (Å²) in [6.45, 7) is 7.50. The molecule has 250 valence electrons. The van der Waals surface area contributed by atoms with Gasteiger partial charge in [-0.3, -0.25) is 24.2 Å². The highest BCUT2D eigenvalue weighted by Crippen LogP contribution is 2.56. The Hall–Kier alpha value is -4.52. The van der Waals surface area contributed by atoms with Gasteiger partial charge in [0, 0.05) is 17.6 Å². The molecule has 0 spiro atoms. The molecule has 3 amide bonds. The smallest absolute Gasteiger partial charge is 0.346 e. The third-order valence-corrected chi connectivity index (χ3v) is 12.2. The van der Waals surface area contributed by atoms with Crippen LogP contribution in [0.3, 0.4) is 0 Å². The van der Waals surface area contributed by atoms with Crippen LogP contribution in [0.5, 0.6) is 0 Å². The molecule has 0 fully saturated rings. The maximum Gasteiger partial charge on any atom is 0.346 e. The van der Waals surface area contributed by atoms with E-state index in [0.717, 1.165) is 45.1 Å². The highest BCUT2D eigenvalue weighted by Gasteiger charge is 2.51. The van der Waals surface area contributed by atoms with Crippen molar-refractivity contribution in [1.29, 1.82) is 0 Å². The van der Waals surface area contributed by atoms with E-state index in [1.54, 1.807) is 29.2 Å². The Morgan fingerprint density at radius 3 is 1.84 bits per heavy atom. The molecule has 49 heavy (non-hydrogen) atoms. The second-order valence-corrected chi connectivity index (χ2v) is 15.0. The molecule has 3 aromatic carbocycles. The number of fused-ring (bicyclic) bond motifs is 2. The van der Waals surface area contributed by atoms with E-state index in [0.29, 0.717) is 25.9 Å². The van der Waals surface area contributed by atoms with Gasteiger partial charge in [-0.2, -0.15) is 0 Å². The first-order chi connectivity index (χ1) is 23.3. The number of carbonyl (C=O) groups excluding carboxylic acids is 5. The van der Waals surface area contributed by atoms with Gasteiger partial charge >= 0.3 is 11.9 Å². The van der Waals surface area contributed by atoms with Gasteiger partial charge in [-0.25, -0.2) is 9.59 Å². The first-order valence-electron chi connectivity index (χ1n) is 15.3. The van der Waals surface area contributed by atoms with Gasteiger partial charge in [0.1, 0.15) is 15.9 Å². The van der Waals surface area contributed by atoms with Crippen LogP contribution in [0.4, 0.5) is 5.69 Å². The number of rotatable bonds is 6. The van der Waals surface area contributed by atoms with Gasteiger partial charge < -0.3 is 9.47 Å². The Balaban J connectivity index is 1.52. The summed E-state index contributed by atoms with van der Waals surface area (Å²) in [6, 6.07) is 18.4. The second-order valence-electron chi connectivity index (χ2n) is 12.3. The molecule has 0 aromatic heterocycles. The van der Waals surface area contributed by atoms with Crippen molar-refractivity contribution in [1.82, 2.24) is 4.90 Å². The van der Waals surface area contributed by atoms with Crippen molar-refractivity contribution in [2.45, 2.75) is 45.7 Å². The van der Waals surface area contributed by atoms with Crippen molar-refractivity contribution < 1.29 is 33.4 Å². The molecule has 0 radical (unpaired) electrons. The van der Waals surface area contributed by atoms with Gasteiger partial charge in [0.05, 0.1) is 45.7 Å². The topological polar surface area (TPSA) is 110 Å². The van der Waals surface area contributed by atoms with Gasteiger partial charge in [-0.15, -0.1) is 0 Å². The molecule has 0 N–H and O–H groups in total. The molecule has 3 aliphatic heterocycles. The number of thiocarbonyl (C=S) groups is 1. The monoisotopic (exact) mass is 712 g/mol. The van der Waals surface area contributed by atoms with E-state index in [1.165, 1.54) is 14.2 Å². The van der Waals surface area contributed by atoms with Gasteiger partial charge in [0.25, 0.3) is 17.7 Å². The number of amides is 3. The van der Waals surface area contributed by atoms with Crippen LogP contribution in [0.25, 0.3) is 5.57 Å². The van der Waals surface area contributed by atoms with Crippen molar-refractivity contribution in [2.24, 2.45) is 0 Å². The van der Waals surface area contributed by atoms with Crippen molar-refractivity contribution in [2.75, 3.05) is 19.1 Å². The van der Waals surface area contributed by atoms with Crippen LogP contribution in [0.15, 0.2) is 80.8 Å². The number of imide groups is 1. The van der Waals surface area contributed by atoms with Gasteiger partial charge in [-0.05, 0) is 68.7 Å². The molecule has 6 rings (SSSR count). The Morgan fingerprint density at radius 2 is 1.31 bits per heavy atom. The van der Waals surface area contributed by atoms with E-state index in [1.807, 2.05) is 70.2 Å². The van der Waals surface area contributed by atoms with Crippen LogP contribution in [0, 0.1) is 13.8 Å². The molecule has 3 aromatic rings. The number of benzene rings is 3. The van der Waals surface area contributed by atoms with E-state index >= 15 is 4.79 Å². The molecule has 1 atom stereocenters. The highest BCUT2D eigenvalue weighted by molar-refractivity contribution is 8.29. The zero-order chi connectivity index (χ0) is 35.4. The van der Waals surface area contributed by atoms with Crippen LogP contribution in [-0.4, -0.2) is 65.2 Å². The van der Waals surface area contributed by atoms with E-state index in [9.17, 15) is 19.2 Å². The summed E-state index contributed by atoms with van der Waals surface area (Å²) >= 11 is 8.33. The lowest BCUT2D eigenvalue weighted by Gasteiger charge is -2.47. The number of thioether (sulfide) groups is 2. The average molecular weight is 713 g/mol. The van der Waals surface area contributed by atoms with Crippen molar-refractivity contribution in [3.8, 4) is 0 Å². The predicted octanol–water partition coefficient (Wildman–Crippen LogP) is 6.41. The zero-order valence-electron chi connectivity index (χ0n) is 27.6. The van der Waals surface area contributed by atoms with Gasteiger partial charge in [0.2, 0.25) is 0 Å². The fourth-order valence-electron chi connectivity index (χ4n) is 6.24. The Bertz CT molecular complexity index is 1990. The molecule has 0 aliphatic carbocycles. The van der Waals surface area contributed by atoms with Crippen LogP contribution < -0.4 is 4.90 Å². The number of carbonyl (C=O) groups is 5. The second kappa shape index (κ2) is 13.1. The third-order valence-electron chi connectivity index (χ3n) is 8.92. The third kappa shape index (κ3) is 5.71. The van der Waals surface area contributed by atoms with Gasteiger partial charge in [-0.1, -0.05) is 78.2 Å². The van der Waals surface area contributed by atoms with E-state index in [4.69, 9.17) is 21.7 Å². The van der Waals surface area contributed by atoms with E-state index < -0.39 is 41.2 Å².